The lowest BCUT2D eigenvalue weighted by Gasteiger charge is -2.19. The van der Waals surface area contributed by atoms with Gasteiger partial charge in [-0.05, 0) is 64.9 Å². The molecule has 0 unspecified atom stereocenters. The number of nitrogens with one attached hydrogen (secondary N) is 1. The molecule has 1 amide bonds. The Morgan fingerprint density at radius 2 is 1.50 bits per heavy atom. The predicted molar refractivity (Wildman–Crippen MR) is 113 cm³/mol. The second-order valence-corrected chi connectivity index (χ2v) is 7.84. The van der Waals surface area contributed by atoms with Crippen molar-refractivity contribution in [3.8, 4) is 5.75 Å². The van der Waals surface area contributed by atoms with Crippen LogP contribution in [-0.2, 0) is 16.6 Å². The minimum absolute atomic E-state index is 0.0202. The van der Waals surface area contributed by atoms with E-state index >= 15 is 0 Å². The smallest absolute Gasteiger partial charge is 0.262 e. The van der Waals surface area contributed by atoms with Crippen molar-refractivity contribution in [1.29, 1.82) is 0 Å². The second kappa shape index (κ2) is 8.70. The van der Waals surface area contributed by atoms with Crippen LogP contribution in [0.25, 0.3) is 0 Å². The molecule has 0 aliphatic carbocycles. The molecule has 0 fully saturated rings. The molecule has 0 aliphatic rings. The van der Waals surface area contributed by atoms with Gasteiger partial charge >= 0.3 is 0 Å². The van der Waals surface area contributed by atoms with Crippen LogP contribution in [0.1, 0.15) is 37.5 Å². The minimum Gasteiger partial charge on any atom is -0.484 e. The molecule has 1 heterocycles. The summed E-state index contributed by atoms with van der Waals surface area (Å²) in [7, 11) is 0. The van der Waals surface area contributed by atoms with E-state index in [0.29, 0.717) is 5.75 Å². The first kappa shape index (κ1) is 19.6. The van der Waals surface area contributed by atoms with E-state index in [1.54, 1.807) is 12.4 Å². The van der Waals surface area contributed by atoms with Crippen molar-refractivity contribution in [3.05, 3.63) is 89.7 Å². The Morgan fingerprint density at radius 1 is 0.893 bits per heavy atom. The molecule has 0 spiro atoms. The molecule has 0 saturated carbocycles. The van der Waals surface area contributed by atoms with Gasteiger partial charge in [0.05, 0.1) is 0 Å². The van der Waals surface area contributed by atoms with Crippen LogP contribution in [0.15, 0.2) is 73.1 Å². The molecule has 144 valence electrons. The molecule has 0 radical (unpaired) electrons. The van der Waals surface area contributed by atoms with E-state index in [4.69, 9.17) is 4.74 Å². The Hall–Kier alpha value is -3.14. The van der Waals surface area contributed by atoms with Crippen molar-refractivity contribution in [2.75, 3.05) is 11.9 Å². The molecule has 0 saturated heterocycles. The van der Waals surface area contributed by atoms with Gasteiger partial charge in [0.25, 0.3) is 5.91 Å². The number of benzene rings is 2. The number of carbonyl (C=O) groups excluding carboxylic acids is 1. The molecule has 0 aliphatic heterocycles. The van der Waals surface area contributed by atoms with E-state index in [2.05, 4.69) is 31.1 Å². The summed E-state index contributed by atoms with van der Waals surface area (Å²) in [5.74, 6) is 0.512. The first-order valence-electron chi connectivity index (χ1n) is 9.41. The Labute approximate surface area is 166 Å². The van der Waals surface area contributed by atoms with E-state index in [9.17, 15) is 4.79 Å². The molecule has 2 aromatic carbocycles. The second-order valence-electron chi connectivity index (χ2n) is 7.84. The lowest BCUT2D eigenvalue weighted by atomic mass is 9.87. The fourth-order valence-corrected chi connectivity index (χ4v) is 2.84. The standard InChI is InChI=1S/C24H26N2O2/c1-24(2,3)20-6-10-22(11-7-20)28-17-23(27)26-21-8-4-18(5-9-21)16-19-12-14-25-15-13-19/h4-15H,16-17H2,1-3H3,(H,26,27). The minimum atomic E-state index is -0.179. The number of amides is 1. The Balaban J connectivity index is 1.49. The Bertz CT molecular complexity index is 896. The van der Waals surface area contributed by atoms with E-state index < -0.39 is 0 Å². The van der Waals surface area contributed by atoms with Crippen LogP contribution in [0.2, 0.25) is 0 Å². The van der Waals surface area contributed by atoms with Crippen molar-refractivity contribution >= 4 is 11.6 Å². The zero-order valence-corrected chi connectivity index (χ0v) is 16.6. The van der Waals surface area contributed by atoms with Crippen molar-refractivity contribution in [3.63, 3.8) is 0 Å². The summed E-state index contributed by atoms with van der Waals surface area (Å²) in [6.45, 7) is 6.48. The molecule has 0 atom stereocenters. The molecular formula is C24H26N2O2. The summed E-state index contributed by atoms with van der Waals surface area (Å²) in [6, 6.07) is 19.7. The molecule has 3 aromatic rings. The highest BCUT2D eigenvalue weighted by molar-refractivity contribution is 5.91. The van der Waals surface area contributed by atoms with Crippen LogP contribution >= 0.6 is 0 Å². The molecule has 1 aromatic heterocycles. The summed E-state index contributed by atoms with van der Waals surface area (Å²) in [5.41, 5.74) is 4.47. The maximum absolute atomic E-state index is 12.1. The summed E-state index contributed by atoms with van der Waals surface area (Å²) in [6.07, 6.45) is 4.42. The van der Waals surface area contributed by atoms with Crippen molar-refractivity contribution in [1.82, 2.24) is 4.98 Å². The van der Waals surface area contributed by atoms with E-state index in [1.807, 2.05) is 60.7 Å². The monoisotopic (exact) mass is 374 g/mol. The predicted octanol–water partition coefficient (Wildman–Crippen LogP) is 4.99. The fourth-order valence-electron chi connectivity index (χ4n) is 2.84. The van der Waals surface area contributed by atoms with Crippen LogP contribution < -0.4 is 10.1 Å². The van der Waals surface area contributed by atoms with Gasteiger partial charge in [0.1, 0.15) is 5.75 Å². The molecule has 1 N–H and O–H groups in total. The van der Waals surface area contributed by atoms with Crippen molar-refractivity contribution < 1.29 is 9.53 Å². The number of nitrogens with zero attached hydrogens (tertiary/aromatic N) is 1. The van der Waals surface area contributed by atoms with Gasteiger partial charge in [-0.25, -0.2) is 0 Å². The van der Waals surface area contributed by atoms with Gasteiger partial charge in [0, 0.05) is 18.1 Å². The number of aromatic nitrogens is 1. The van der Waals surface area contributed by atoms with Gasteiger partial charge in [-0.2, -0.15) is 0 Å². The zero-order chi connectivity index (χ0) is 20.0. The topological polar surface area (TPSA) is 51.2 Å². The molecule has 4 nitrogen and oxygen atoms in total. The van der Waals surface area contributed by atoms with E-state index in [1.165, 1.54) is 16.7 Å². The Morgan fingerprint density at radius 3 is 2.11 bits per heavy atom. The lowest BCUT2D eigenvalue weighted by molar-refractivity contribution is -0.118. The van der Waals surface area contributed by atoms with Crippen molar-refractivity contribution in [2.45, 2.75) is 32.6 Å². The average Bonchev–Trinajstić information content (AvgIpc) is 2.68. The number of pyridine rings is 1. The third-order valence-corrected chi connectivity index (χ3v) is 4.49. The number of rotatable bonds is 6. The maximum atomic E-state index is 12.1. The third-order valence-electron chi connectivity index (χ3n) is 4.49. The normalized spacial score (nSPS) is 11.1. The molecular weight excluding hydrogens is 348 g/mol. The third kappa shape index (κ3) is 5.68. The van der Waals surface area contributed by atoms with Crippen LogP contribution in [0, 0.1) is 0 Å². The number of carbonyl (C=O) groups is 1. The van der Waals surface area contributed by atoms with E-state index in [-0.39, 0.29) is 17.9 Å². The maximum Gasteiger partial charge on any atom is 0.262 e. The highest BCUT2D eigenvalue weighted by atomic mass is 16.5. The zero-order valence-electron chi connectivity index (χ0n) is 16.6. The van der Waals surface area contributed by atoms with Gasteiger partial charge in [0.2, 0.25) is 0 Å². The van der Waals surface area contributed by atoms with Crippen molar-refractivity contribution in [2.24, 2.45) is 0 Å². The van der Waals surface area contributed by atoms with Crippen LogP contribution in [0.5, 0.6) is 5.75 Å². The summed E-state index contributed by atoms with van der Waals surface area (Å²) in [5, 5.41) is 2.86. The van der Waals surface area contributed by atoms with Gasteiger partial charge in [-0.15, -0.1) is 0 Å². The summed E-state index contributed by atoms with van der Waals surface area (Å²) < 4.78 is 5.59. The van der Waals surface area contributed by atoms with Gasteiger partial charge < -0.3 is 10.1 Å². The van der Waals surface area contributed by atoms with Gasteiger partial charge in [0.15, 0.2) is 6.61 Å². The summed E-state index contributed by atoms with van der Waals surface area (Å²) in [4.78, 5) is 16.2. The fraction of sp³-hybridized carbons (Fsp3) is 0.250. The highest BCUT2D eigenvalue weighted by Gasteiger charge is 2.13. The number of anilines is 1. The number of hydrogen-bond donors (Lipinski definition) is 1. The first-order valence-corrected chi connectivity index (χ1v) is 9.41. The molecule has 28 heavy (non-hydrogen) atoms. The SMILES string of the molecule is CC(C)(C)c1ccc(OCC(=O)Nc2ccc(Cc3ccncc3)cc2)cc1. The molecule has 0 bridgehead atoms. The highest BCUT2D eigenvalue weighted by Crippen LogP contribution is 2.24. The quantitative estimate of drug-likeness (QED) is 0.661. The number of ether oxygens (including phenoxy) is 1. The summed E-state index contributed by atoms with van der Waals surface area (Å²) >= 11 is 0. The Kier molecular flexibility index (Phi) is 6.09. The lowest BCUT2D eigenvalue weighted by Crippen LogP contribution is -2.20. The van der Waals surface area contributed by atoms with Crippen LogP contribution in [-0.4, -0.2) is 17.5 Å². The van der Waals surface area contributed by atoms with E-state index in [0.717, 1.165) is 12.1 Å². The number of hydrogen-bond acceptors (Lipinski definition) is 3. The first-order chi connectivity index (χ1) is 13.4. The molecule has 3 rings (SSSR count). The van der Waals surface area contributed by atoms with Gasteiger partial charge in [-0.3, -0.25) is 9.78 Å². The van der Waals surface area contributed by atoms with Gasteiger partial charge in [-0.1, -0.05) is 45.0 Å². The molecule has 4 heteroatoms. The van der Waals surface area contributed by atoms with Crippen LogP contribution in [0.4, 0.5) is 5.69 Å². The van der Waals surface area contributed by atoms with Crippen LogP contribution in [0.3, 0.4) is 0 Å². The average molecular weight is 374 g/mol. The largest absolute Gasteiger partial charge is 0.484 e.